The zero-order chi connectivity index (χ0) is 32.3. The second kappa shape index (κ2) is 11.2. The van der Waals surface area contributed by atoms with Gasteiger partial charge in [0.15, 0.2) is 0 Å². The van der Waals surface area contributed by atoms with E-state index in [9.17, 15) is 0 Å². The average Bonchev–Trinajstić information content (AvgIpc) is 3.73. The van der Waals surface area contributed by atoms with Gasteiger partial charge in [-0.05, 0) is 87.6 Å². The van der Waals surface area contributed by atoms with Gasteiger partial charge < -0.3 is 9.32 Å². The van der Waals surface area contributed by atoms with Crippen molar-refractivity contribution in [2.45, 2.75) is 0 Å². The molecule has 0 saturated carbocycles. The number of hydrogen-bond donors (Lipinski definition) is 0. The summed E-state index contributed by atoms with van der Waals surface area (Å²) < 4.78 is 8.99. The smallest absolute Gasteiger partial charge is 0.136 e. The summed E-state index contributed by atoms with van der Waals surface area (Å²) in [6, 6.07) is 63.2. The Kier molecular flexibility index (Phi) is 6.39. The molecule has 0 amide bonds. The van der Waals surface area contributed by atoms with Crippen molar-refractivity contribution in [2.75, 3.05) is 4.90 Å². The Morgan fingerprint density at radius 3 is 1.88 bits per heavy atom. The average molecular weight is 644 g/mol. The van der Waals surface area contributed by atoms with E-state index in [4.69, 9.17) is 4.42 Å². The normalized spacial score (nSPS) is 11.7. The standard InChI is InChI=1S/C46H29NOS/c1-2-11-30(12-3-1)32-13-10-14-34(27-32)47(35-25-26-38-37-16-7-9-20-44(37)49-45(38)28-35)33-23-21-31(22-24-33)41-29-43-46(39-17-5-4-15-36(39)41)40-18-6-8-19-42(40)48-43/h1-29H. The summed E-state index contributed by atoms with van der Waals surface area (Å²) in [4.78, 5) is 2.38. The highest BCUT2D eigenvalue weighted by molar-refractivity contribution is 7.25. The minimum Gasteiger partial charge on any atom is -0.456 e. The minimum absolute atomic E-state index is 0.912. The van der Waals surface area contributed by atoms with Gasteiger partial charge in [0.1, 0.15) is 11.2 Å². The predicted octanol–water partition coefficient (Wildman–Crippen LogP) is 13.9. The third kappa shape index (κ3) is 4.62. The van der Waals surface area contributed by atoms with Crippen LogP contribution in [0, 0.1) is 0 Å². The minimum atomic E-state index is 0.912. The van der Waals surface area contributed by atoms with Crippen LogP contribution in [0.25, 0.3) is 75.1 Å². The third-order valence-electron chi connectivity index (χ3n) is 9.65. The van der Waals surface area contributed by atoms with Crippen LogP contribution in [-0.4, -0.2) is 0 Å². The monoisotopic (exact) mass is 643 g/mol. The van der Waals surface area contributed by atoms with Gasteiger partial charge in [0.2, 0.25) is 0 Å². The van der Waals surface area contributed by atoms with Crippen molar-refractivity contribution >= 4 is 81.3 Å². The molecule has 49 heavy (non-hydrogen) atoms. The number of furan rings is 1. The molecule has 0 fully saturated rings. The summed E-state index contributed by atoms with van der Waals surface area (Å²) in [6.45, 7) is 0. The van der Waals surface area contributed by atoms with Gasteiger partial charge in [-0.1, -0.05) is 121 Å². The van der Waals surface area contributed by atoms with E-state index < -0.39 is 0 Å². The van der Waals surface area contributed by atoms with Gasteiger partial charge >= 0.3 is 0 Å². The van der Waals surface area contributed by atoms with Crippen molar-refractivity contribution in [2.24, 2.45) is 0 Å². The summed E-state index contributed by atoms with van der Waals surface area (Å²) in [7, 11) is 0. The molecule has 0 aliphatic carbocycles. The maximum absolute atomic E-state index is 6.40. The lowest BCUT2D eigenvalue weighted by molar-refractivity contribution is 0.669. The first-order chi connectivity index (χ1) is 24.3. The highest BCUT2D eigenvalue weighted by atomic mass is 32.1. The molecule has 0 atom stereocenters. The highest BCUT2D eigenvalue weighted by Crippen LogP contribution is 2.43. The predicted molar refractivity (Wildman–Crippen MR) is 210 cm³/mol. The summed E-state index contributed by atoms with van der Waals surface area (Å²) >= 11 is 1.85. The molecule has 2 aromatic heterocycles. The Bertz CT molecular complexity index is 2830. The molecule has 2 nitrogen and oxygen atoms in total. The van der Waals surface area contributed by atoms with Crippen LogP contribution in [0.5, 0.6) is 0 Å². The molecular weight excluding hydrogens is 615 g/mol. The fourth-order valence-electron chi connectivity index (χ4n) is 7.37. The largest absolute Gasteiger partial charge is 0.456 e. The summed E-state index contributed by atoms with van der Waals surface area (Å²) in [6.07, 6.45) is 0. The van der Waals surface area contributed by atoms with Gasteiger partial charge in [-0.3, -0.25) is 0 Å². The highest BCUT2D eigenvalue weighted by Gasteiger charge is 2.18. The first-order valence-corrected chi connectivity index (χ1v) is 17.4. The maximum atomic E-state index is 6.40. The molecule has 0 saturated heterocycles. The zero-order valence-corrected chi connectivity index (χ0v) is 27.3. The Balaban J connectivity index is 1.13. The van der Waals surface area contributed by atoms with E-state index in [1.54, 1.807) is 0 Å². The summed E-state index contributed by atoms with van der Waals surface area (Å²) in [5.74, 6) is 0. The van der Waals surface area contributed by atoms with Gasteiger partial charge in [0.05, 0.1) is 0 Å². The third-order valence-corrected chi connectivity index (χ3v) is 10.8. The number of anilines is 3. The SMILES string of the molecule is c1ccc(-c2cccc(N(c3ccc(-c4cc5oc6ccccc6c5c5ccccc45)cc3)c3ccc4c(c3)sc3ccccc34)c2)cc1. The van der Waals surface area contributed by atoms with E-state index in [1.165, 1.54) is 47.5 Å². The lowest BCUT2D eigenvalue weighted by atomic mass is 9.94. The number of fused-ring (bicyclic) bond motifs is 8. The quantitative estimate of drug-likeness (QED) is 0.186. The van der Waals surface area contributed by atoms with Gasteiger partial charge in [-0.15, -0.1) is 11.3 Å². The maximum Gasteiger partial charge on any atom is 0.136 e. The van der Waals surface area contributed by atoms with Crippen LogP contribution < -0.4 is 4.90 Å². The molecule has 0 N–H and O–H groups in total. The number of rotatable bonds is 5. The molecule has 10 rings (SSSR count). The molecule has 3 heteroatoms. The van der Waals surface area contributed by atoms with Gasteiger partial charge in [-0.2, -0.15) is 0 Å². The topological polar surface area (TPSA) is 16.4 Å². The first-order valence-electron chi connectivity index (χ1n) is 16.6. The number of benzene rings is 8. The molecule has 8 aromatic carbocycles. The molecule has 2 heterocycles. The molecular formula is C46H29NOS. The van der Waals surface area contributed by atoms with E-state index in [2.05, 4.69) is 175 Å². The molecule has 0 aliphatic rings. The Morgan fingerprint density at radius 1 is 0.367 bits per heavy atom. The Hall–Kier alpha value is -6.16. The fourth-order valence-corrected chi connectivity index (χ4v) is 8.51. The first kappa shape index (κ1) is 27.9. The van der Waals surface area contributed by atoms with E-state index in [0.29, 0.717) is 0 Å². The van der Waals surface area contributed by atoms with Gasteiger partial charge in [0.25, 0.3) is 0 Å². The number of para-hydroxylation sites is 1. The Labute approximate surface area is 287 Å². The second-order valence-corrected chi connectivity index (χ2v) is 13.6. The van der Waals surface area contributed by atoms with Crippen molar-refractivity contribution in [3.05, 3.63) is 176 Å². The van der Waals surface area contributed by atoms with E-state index in [1.807, 2.05) is 17.4 Å². The van der Waals surface area contributed by atoms with E-state index >= 15 is 0 Å². The van der Waals surface area contributed by atoms with E-state index in [0.717, 1.165) is 44.7 Å². The van der Waals surface area contributed by atoms with Crippen molar-refractivity contribution in [3.8, 4) is 22.3 Å². The van der Waals surface area contributed by atoms with Crippen LogP contribution in [-0.2, 0) is 0 Å². The van der Waals surface area contributed by atoms with Crippen LogP contribution in [0.15, 0.2) is 180 Å². The van der Waals surface area contributed by atoms with Crippen molar-refractivity contribution < 1.29 is 4.42 Å². The zero-order valence-electron chi connectivity index (χ0n) is 26.5. The molecule has 0 bridgehead atoms. The van der Waals surface area contributed by atoms with Crippen LogP contribution in [0.3, 0.4) is 0 Å². The molecule has 0 radical (unpaired) electrons. The lowest BCUT2D eigenvalue weighted by Gasteiger charge is -2.26. The van der Waals surface area contributed by atoms with Gasteiger partial charge in [0, 0.05) is 48.0 Å². The van der Waals surface area contributed by atoms with Crippen LogP contribution in [0.4, 0.5) is 17.1 Å². The van der Waals surface area contributed by atoms with Crippen molar-refractivity contribution in [3.63, 3.8) is 0 Å². The fraction of sp³-hybridized carbons (Fsp3) is 0. The Morgan fingerprint density at radius 2 is 1.02 bits per heavy atom. The number of hydrogen-bond acceptors (Lipinski definition) is 3. The molecule has 0 spiro atoms. The van der Waals surface area contributed by atoms with Crippen LogP contribution in [0.1, 0.15) is 0 Å². The number of nitrogens with zero attached hydrogens (tertiary/aromatic N) is 1. The molecule has 0 unspecified atom stereocenters. The number of thiophene rings is 1. The molecule has 0 aliphatic heterocycles. The molecule has 230 valence electrons. The lowest BCUT2D eigenvalue weighted by Crippen LogP contribution is -2.09. The second-order valence-electron chi connectivity index (χ2n) is 12.5. The molecule has 10 aromatic rings. The summed E-state index contributed by atoms with van der Waals surface area (Å²) in [5, 5.41) is 7.36. The van der Waals surface area contributed by atoms with Crippen LogP contribution >= 0.6 is 11.3 Å². The van der Waals surface area contributed by atoms with Crippen molar-refractivity contribution in [1.29, 1.82) is 0 Å². The van der Waals surface area contributed by atoms with Crippen LogP contribution in [0.2, 0.25) is 0 Å². The van der Waals surface area contributed by atoms with Gasteiger partial charge in [-0.25, -0.2) is 0 Å². The summed E-state index contributed by atoms with van der Waals surface area (Å²) in [5.41, 5.74) is 9.88. The van der Waals surface area contributed by atoms with Crippen molar-refractivity contribution in [1.82, 2.24) is 0 Å². The van der Waals surface area contributed by atoms with E-state index in [-0.39, 0.29) is 0 Å².